The highest BCUT2D eigenvalue weighted by molar-refractivity contribution is 7.89. The van der Waals surface area contributed by atoms with Crippen LogP contribution >= 0.6 is 0 Å². The van der Waals surface area contributed by atoms with E-state index in [9.17, 15) is 28.2 Å². The molecule has 11 heteroatoms. The summed E-state index contributed by atoms with van der Waals surface area (Å²) in [6.45, 7) is 1.38. The minimum absolute atomic E-state index is 0.0341. The van der Waals surface area contributed by atoms with Crippen LogP contribution in [0.1, 0.15) is 11.3 Å². The van der Waals surface area contributed by atoms with Crippen molar-refractivity contribution < 1.29 is 28.2 Å². The number of nitrogens with zero attached hydrogens (tertiary/aromatic N) is 1. The van der Waals surface area contributed by atoms with Gasteiger partial charge in [-0.3, -0.25) is 9.59 Å². The largest absolute Gasteiger partial charge is 0.480 e. The zero-order valence-corrected chi connectivity index (χ0v) is 15.2. The second-order valence-corrected chi connectivity index (χ2v) is 7.62. The summed E-state index contributed by atoms with van der Waals surface area (Å²) < 4.78 is 26.8. The molecule has 2 rings (SSSR count). The number of aryl methyl sites for hydroxylation is 1. The van der Waals surface area contributed by atoms with Crippen molar-refractivity contribution in [3.8, 4) is 0 Å². The van der Waals surface area contributed by atoms with Crippen LogP contribution in [0.25, 0.3) is 0 Å². The number of hydrogen-bond donors (Lipinski definition) is 5. The van der Waals surface area contributed by atoms with Crippen LogP contribution in [-0.4, -0.2) is 59.2 Å². The Hall–Kier alpha value is -2.76. The van der Waals surface area contributed by atoms with Crippen molar-refractivity contribution in [2.75, 3.05) is 6.54 Å². The van der Waals surface area contributed by atoms with Gasteiger partial charge in [-0.1, -0.05) is 17.7 Å². The average molecular weight is 396 g/mol. The number of rotatable bonds is 10. The van der Waals surface area contributed by atoms with Gasteiger partial charge in [0.15, 0.2) is 0 Å². The molecule has 0 saturated heterocycles. The molecule has 0 aliphatic heterocycles. The van der Waals surface area contributed by atoms with Crippen LogP contribution in [-0.2, 0) is 26.0 Å². The molecular weight excluding hydrogens is 376 g/mol. The van der Waals surface area contributed by atoms with Gasteiger partial charge in [0.05, 0.1) is 11.2 Å². The van der Waals surface area contributed by atoms with Crippen LogP contribution < -0.4 is 10.0 Å². The van der Waals surface area contributed by atoms with E-state index in [4.69, 9.17) is 0 Å². The molecule has 0 radical (unpaired) electrons. The first-order chi connectivity index (χ1) is 12.7. The van der Waals surface area contributed by atoms with Gasteiger partial charge in [0, 0.05) is 24.9 Å². The van der Waals surface area contributed by atoms with Gasteiger partial charge in [0.1, 0.15) is 12.1 Å². The second kappa shape index (κ2) is 8.75. The summed E-state index contributed by atoms with van der Waals surface area (Å²) in [7, 11) is -4.07. The fourth-order valence-corrected chi connectivity index (χ4v) is 3.46. The molecule has 27 heavy (non-hydrogen) atoms. The number of benzene rings is 1. The molecule has 0 bridgehead atoms. The lowest BCUT2D eigenvalue weighted by Crippen LogP contribution is -2.51. The van der Waals surface area contributed by atoms with Gasteiger partial charge in [-0.15, -0.1) is 0 Å². The van der Waals surface area contributed by atoms with Crippen molar-refractivity contribution in [2.45, 2.75) is 30.3 Å². The van der Waals surface area contributed by atoms with Crippen LogP contribution in [0.3, 0.4) is 0 Å². The number of hydrogen-bond acceptors (Lipinski definition) is 6. The fourth-order valence-electron chi connectivity index (χ4n) is 2.28. The van der Waals surface area contributed by atoms with E-state index >= 15 is 0 Å². The summed E-state index contributed by atoms with van der Waals surface area (Å²) in [6, 6.07) is 3.25. The third-order valence-electron chi connectivity index (χ3n) is 3.77. The summed E-state index contributed by atoms with van der Waals surface area (Å²) in [5.74, 6) is -2.63. The molecule has 10 nitrogen and oxygen atoms in total. The standard InChI is InChI=1S/C16H20N4O6S/c1-10-2-4-12(5-3-10)27(25,26)20-14(16(23)24)8-18-13(15(21)22)6-11-7-17-9-19-11/h2-5,7,9,13-14,18,20H,6,8H2,1H3,(H,17,19)(H,21,22)(H,23,24). The molecule has 0 aliphatic carbocycles. The molecule has 2 unspecified atom stereocenters. The maximum absolute atomic E-state index is 12.4. The molecule has 0 saturated carbocycles. The molecule has 1 aromatic heterocycles. The Balaban J connectivity index is 2.06. The Labute approximate surface area is 155 Å². The molecule has 0 aliphatic rings. The third kappa shape index (κ3) is 5.88. The number of carboxylic acids is 2. The Morgan fingerprint density at radius 2 is 1.78 bits per heavy atom. The summed E-state index contributed by atoms with van der Waals surface area (Å²) >= 11 is 0. The SMILES string of the molecule is Cc1ccc(S(=O)(=O)NC(CNC(Cc2cnc[nH]2)C(=O)O)C(=O)O)cc1. The number of nitrogens with one attached hydrogen (secondary N) is 3. The van der Waals surface area contributed by atoms with Gasteiger partial charge in [-0.05, 0) is 19.1 Å². The lowest BCUT2D eigenvalue weighted by molar-refractivity contribution is -0.141. The van der Waals surface area contributed by atoms with E-state index in [1.807, 2.05) is 0 Å². The molecule has 2 aromatic rings. The van der Waals surface area contributed by atoms with Crippen LogP contribution in [0.15, 0.2) is 41.7 Å². The molecule has 0 fully saturated rings. The van der Waals surface area contributed by atoms with Crippen LogP contribution in [0, 0.1) is 6.92 Å². The number of aromatic nitrogens is 2. The van der Waals surface area contributed by atoms with E-state index in [0.717, 1.165) is 5.56 Å². The van der Waals surface area contributed by atoms with Gasteiger partial charge in [-0.2, -0.15) is 4.72 Å². The number of sulfonamides is 1. The highest BCUT2D eigenvalue weighted by Crippen LogP contribution is 2.10. The maximum atomic E-state index is 12.4. The number of carboxylic acid groups (broad SMARTS) is 2. The molecular formula is C16H20N4O6S. The minimum Gasteiger partial charge on any atom is -0.480 e. The Bertz CT molecular complexity index is 880. The van der Waals surface area contributed by atoms with E-state index in [1.165, 1.54) is 24.7 Å². The number of carbonyl (C=O) groups is 2. The highest BCUT2D eigenvalue weighted by atomic mass is 32.2. The van der Waals surface area contributed by atoms with Crippen molar-refractivity contribution in [3.05, 3.63) is 48.0 Å². The van der Waals surface area contributed by atoms with Crippen LogP contribution in [0.5, 0.6) is 0 Å². The van der Waals surface area contributed by atoms with Crippen molar-refractivity contribution >= 4 is 22.0 Å². The van der Waals surface area contributed by atoms with Gasteiger partial charge >= 0.3 is 11.9 Å². The van der Waals surface area contributed by atoms with Crippen molar-refractivity contribution in [1.29, 1.82) is 0 Å². The molecule has 5 N–H and O–H groups in total. The van der Waals surface area contributed by atoms with Crippen LogP contribution in [0.4, 0.5) is 0 Å². The van der Waals surface area contributed by atoms with Crippen LogP contribution in [0.2, 0.25) is 0 Å². The number of imidazole rings is 1. The number of aromatic amines is 1. The Morgan fingerprint density at radius 3 is 2.30 bits per heavy atom. The predicted molar refractivity (Wildman–Crippen MR) is 94.6 cm³/mol. The minimum atomic E-state index is -4.07. The summed E-state index contributed by atoms with van der Waals surface area (Å²) in [4.78, 5) is 29.3. The lowest BCUT2D eigenvalue weighted by Gasteiger charge is -2.19. The quantitative estimate of drug-likeness (QED) is 0.367. The molecule has 1 aromatic carbocycles. The van der Waals surface area contributed by atoms with Gasteiger partial charge in [0.25, 0.3) is 0 Å². The van der Waals surface area contributed by atoms with Gasteiger partial charge in [0.2, 0.25) is 10.0 Å². The van der Waals surface area contributed by atoms with E-state index in [-0.39, 0.29) is 11.3 Å². The first-order valence-corrected chi connectivity index (χ1v) is 9.42. The molecule has 146 valence electrons. The molecule has 1 heterocycles. The summed E-state index contributed by atoms with van der Waals surface area (Å²) in [6.07, 6.45) is 2.88. The maximum Gasteiger partial charge on any atom is 0.323 e. The topological polar surface area (TPSA) is 161 Å². The van der Waals surface area contributed by atoms with E-state index in [2.05, 4.69) is 20.0 Å². The Kier molecular flexibility index (Phi) is 6.66. The Morgan fingerprint density at radius 1 is 1.15 bits per heavy atom. The number of H-pyrrole nitrogens is 1. The average Bonchev–Trinajstić information content (AvgIpc) is 3.10. The summed E-state index contributed by atoms with van der Waals surface area (Å²) in [5, 5.41) is 21.1. The van der Waals surface area contributed by atoms with Crippen molar-refractivity contribution in [1.82, 2.24) is 20.0 Å². The molecule has 0 amide bonds. The normalized spacial score (nSPS) is 13.8. The van der Waals surface area contributed by atoms with E-state index < -0.39 is 40.6 Å². The van der Waals surface area contributed by atoms with E-state index in [1.54, 1.807) is 19.1 Å². The predicted octanol–water partition coefficient (Wildman–Crippen LogP) is -0.265. The first kappa shape index (κ1) is 20.6. The monoisotopic (exact) mass is 396 g/mol. The van der Waals surface area contributed by atoms with Gasteiger partial charge in [-0.25, -0.2) is 13.4 Å². The second-order valence-electron chi connectivity index (χ2n) is 5.91. The smallest absolute Gasteiger partial charge is 0.323 e. The lowest BCUT2D eigenvalue weighted by atomic mass is 10.1. The summed E-state index contributed by atoms with van der Waals surface area (Å²) in [5.41, 5.74) is 1.40. The highest BCUT2D eigenvalue weighted by Gasteiger charge is 2.27. The molecule has 0 spiro atoms. The zero-order valence-electron chi connectivity index (χ0n) is 14.4. The number of aliphatic carboxylic acids is 2. The third-order valence-corrected chi connectivity index (χ3v) is 5.26. The first-order valence-electron chi connectivity index (χ1n) is 7.94. The van der Waals surface area contributed by atoms with Crippen molar-refractivity contribution in [3.63, 3.8) is 0 Å². The van der Waals surface area contributed by atoms with Gasteiger partial charge < -0.3 is 20.5 Å². The zero-order chi connectivity index (χ0) is 20.0. The fraction of sp³-hybridized carbons (Fsp3) is 0.312. The van der Waals surface area contributed by atoms with E-state index in [0.29, 0.717) is 5.69 Å². The van der Waals surface area contributed by atoms with Crippen molar-refractivity contribution in [2.24, 2.45) is 0 Å². The molecule has 2 atom stereocenters.